The van der Waals surface area contributed by atoms with Crippen molar-refractivity contribution in [3.8, 4) is 0 Å². The summed E-state index contributed by atoms with van der Waals surface area (Å²) in [5.74, 6) is 1.04. The third-order valence-corrected chi connectivity index (χ3v) is 4.15. The molecule has 0 atom stereocenters. The van der Waals surface area contributed by atoms with Crippen LogP contribution in [0, 0.1) is 0 Å². The molecule has 0 fully saturated rings. The molecule has 1 rings (SSSR count). The van der Waals surface area contributed by atoms with E-state index < -0.39 is 0 Å². The number of thioether (sulfide) groups is 1. The zero-order chi connectivity index (χ0) is 13.9. The Morgan fingerprint density at radius 2 is 2.00 bits per heavy atom. The molecule has 0 radical (unpaired) electrons. The van der Waals surface area contributed by atoms with Gasteiger partial charge < -0.3 is 14.8 Å². The highest BCUT2D eigenvalue weighted by Crippen LogP contribution is 2.28. The van der Waals surface area contributed by atoms with E-state index in [9.17, 15) is 0 Å². The molecule has 0 bridgehead atoms. The zero-order valence-electron chi connectivity index (χ0n) is 11.6. The van der Waals surface area contributed by atoms with Gasteiger partial charge in [-0.1, -0.05) is 17.7 Å². The Bertz CT molecular complexity index is 363. The second-order valence-electron chi connectivity index (χ2n) is 4.08. The monoisotopic (exact) mass is 303 g/mol. The van der Waals surface area contributed by atoms with Crippen molar-refractivity contribution in [1.82, 2.24) is 5.32 Å². The highest BCUT2D eigenvalue weighted by molar-refractivity contribution is 7.99. The average molecular weight is 304 g/mol. The SMILES string of the molecule is COCCCSc1cccc(Cl)c1CNCCOC. The minimum Gasteiger partial charge on any atom is -0.385 e. The molecule has 0 heterocycles. The molecule has 1 N–H and O–H groups in total. The number of nitrogens with one attached hydrogen (secondary N) is 1. The molecule has 19 heavy (non-hydrogen) atoms. The molecule has 0 aliphatic rings. The molecule has 5 heteroatoms. The number of rotatable bonds is 10. The molecule has 0 amide bonds. The molecular weight excluding hydrogens is 282 g/mol. The van der Waals surface area contributed by atoms with E-state index in [1.54, 1.807) is 14.2 Å². The van der Waals surface area contributed by atoms with E-state index in [2.05, 4.69) is 11.4 Å². The van der Waals surface area contributed by atoms with Gasteiger partial charge in [0.1, 0.15) is 0 Å². The molecule has 1 aromatic carbocycles. The van der Waals surface area contributed by atoms with Crippen LogP contribution in [0.25, 0.3) is 0 Å². The molecule has 0 saturated heterocycles. The minimum atomic E-state index is 0.709. The van der Waals surface area contributed by atoms with Crippen LogP contribution in [-0.4, -0.2) is 39.7 Å². The Kier molecular flexibility index (Phi) is 9.30. The van der Waals surface area contributed by atoms with Crippen molar-refractivity contribution in [1.29, 1.82) is 0 Å². The highest BCUT2D eigenvalue weighted by atomic mass is 35.5. The van der Waals surface area contributed by atoms with Gasteiger partial charge in [0.2, 0.25) is 0 Å². The summed E-state index contributed by atoms with van der Waals surface area (Å²) < 4.78 is 10.1. The van der Waals surface area contributed by atoms with Gasteiger partial charge in [0.05, 0.1) is 6.61 Å². The maximum Gasteiger partial charge on any atom is 0.0587 e. The first-order chi connectivity index (χ1) is 9.29. The molecule has 3 nitrogen and oxygen atoms in total. The van der Waals surface area contributed by atoms with E-state index in [-0.39, 0.29) is 0 Å². The predicted octanol–water partition coefficient (Wildman–Crippen LogP) is 3.20. The molecule has 0 spiro atoms. The molecule has 0 aromatic heterocycles. The van der Waals surface area contributed by atoms with Gasteiger partial charge in [-0.15, -0.1) is 11.8 Å². The summed E-state index contributed by atoms with van der Waals surface area (Å²) in [7, 11) is 3.43. The zero-order valence-corrected chi connectivity index (χ0v) is 13.1. The molecule has 108 valence electrons. The van der Waals surface area contributed by atoms with Crippen LogP contribution in [0.1, 0.15) is 12.0 Å². The summed E-state index contributed by atoms with van der Waals surface area (Å²) in [5, 5.41) is 4.16. The topological polar surface area (TPSA) is 30.5 Å². The quantitative estimate of drug-likeness (QED) is 0.531. The lowest BCUT2D eigenvalue weighted by Gasteiger charge is -2.12. The first kappa shape index (κ1) is 16.8. The van der Waals surface area contributed by atoms with Crippen molar-refractivity contribution in [3.63, 3.8) is 0 Å². The summed E-state index contributed by atoms with van der Waals surface area (Å²) in [6.45, 7) is 3.11. The Labute approximate surface area is 125 Å². The fraction of sp³-hybridized carbons (Fsp3) is 0.571. The minimum absolute atomic E-state index is 0.709. The summed E-state index contributed by atoms with van der Waals surface area (Å²) >= 11 is 8.10. The van der Waals surface area contributed by atoms with Crippen molar-refractivity contribution in [3.05, 3.63) is 28.8 Å². The molecule has 0 aliphatic carbocycles. The number of benzene rings is 1. The Hall–Kier alpha value is -0.260. The Balaban J connectivity index is 2.51. The molecule has 0 unspecified atom stereocenters. The number of methoxy groups -OCH3 is 2. The van der Waals surface area contributed by atoms with Gasteiger partial charge >= 0.3 is 0 Å². The number of ether oxygens (including phenoxy) is 2. The molecular formula is C14H22ClNO2S. The second kappa shape index (κ2) is 10.5. The van der Waals surface area contributed by atoms with Gasteiger partial charge in [-0.2, -0.15) is 0 Å². The number of halogens is 1. The van der Waals surface area contributed by atoms with Crippen molar-refractivity contribution < 1.29 is 9.47 Å². The first-order valence-electron chi connectivity index (χ1n) is 6.38. The normalized spacial score (nSPS) is 10.9. The van der Waals surface area contributed by atoms with Crippen LogP contribution < -0.4 is 5.32 Å². The van der Waals surface area contributed by atoms with Gasteiger partial charge in [-0.3, -0.25) is 0 Å². The summed E-state index contributed by atoms with van der Waals surface area (Å²) in [6.07, 6.45) is 1.05. The van der Waals surface area contributed by atoms with Crippen LogP contribution >= 0.6 is 23.4 Å². The summed E-state index contributed by atoms with van der Waals surface area (Å²) in [6, 6.07) is 6.06. The number of hydrogen-bond acceptors (Lipinski definition) is 4. The van der Waals surface area contributed by atoms with Crippen molar-refractivity contribution in [2.75, 3.05) is 39.7 Å². The Morgan fingerprint density at radius 1 is 1.21 bits per heavy atom. The molecule has 1 aromatic rings. The first-order valence-corrected chi connectivity index (χ1v) is 7.74. The second-order valence-corrected chi connectivity index (χ2v) is 5.62. The van der Waals surface area contributed by atoms with Gasteiger partial charge in [-0.25, -0.2) is 0 Å². The van der Waals surface area contributed by atoms with E-state index in [1.807, 2.05) is 23.9 Å². The third-order valence-electron chi connectivity index (χ3n) is 2.61. The highest BCUT2D eigenvalue weighted by Gasteiger charge is 2.07. The number of hydrogen-bond donors (Lipinski definition) is 1. The maximum atomic E-state index is 6.27. The lowest BCUT2D eigenvalue weighted by Crippen LogP contribution is -2.19. The predicted molar refractivity (Wildman–Crippen MR) is 82.3 cm³/mol. The maximum absolute atomic E-state index is 6.27. The Morgan fingerprint density at radius 3 is 2.74 bits per heavy atom. The van der Waals surface area contributed by atoms with E-state index in [0.29, 0.717) is 6.61 Å². The van der Waals surface area contributed by atoms with Crippen molar-refractivity contribution in [2.45, 2.75) is 17.9 Å². The van der Waals surface area contributed by atoms with Gasteiger partial charge in [0.15, 0.2) is 0 Å². The van der Waals surface area contributed by atoms with E-state index in [4.69, 9.17) is 21.1 Å². The van der Waals surface area contributed by atoms with E-state index in [0.717, 1.165) is 36.9 Å². The lowest BCUT2D eigenvalue weighted by molar-refractivity contribution is 0.199. The van der Waals surface area contributed by atoms with E-state index >= 15 is 0 Å². The smallest absolute Gasteiger partial charge is 0.0587 e. The molecule has 0 saturated carbocycles. The standard InChI is InChI=1S/C14H22ClNO2S/c1-17-8-4-10-19-14-6-3-5-13(15)12(14)11-16-7-9-18-2/h3,5-6,16H,4,7-11H2,1-2H3. The van der Waals surface area contributed by atoms with Gasteiger partial charge in [0, 0.05) is 49.6 Å². The van der Waals surface area contributed by atoms with Crippen LogP contribution in [0.3, 0.4) is 0 Å². The summed E-state index contributed by atoms with van der Waals surface area (Å²) in [5.41, 5.74) is 1.17. The summed E-state index contributed by atoms with van der Waals surface area (Å²) in [4.78, 5) is 1.24. The fourth-order valence-corrected chi connectivity index (χ4v) is 2.93. The lowest BCUT2D eigenvalue weighted by atomic mass is 10.2. The van der Waals surface area contributed by atoms with Crippen molar-refractivity contribution in [2.24, 2.45) is 0 Å². The van der Waals surface area contributed by atoms with Crippen LogP contribution in [0.15, 0.2) is 23.1 Å². The van der Waals surface area contributed by atoms with Crippen LogP contribution in [0.5, 0.6) is 0 Å². The fourth-order valence-electron chi connectivity index (χ4n) is 1.62. The van der Waals surface area contributed by atoms with Crippen molar-refractivity contribution >= 4 is 23.4 Å². The largest absolute Gasteiger partial charge is 0.385 e. The third kappa shape index (κ3) is 6.63. The molecule has 0 aliphatic heterocycles. The van der Waals surface area contributed by atoms with Gasteiger partial charge in [0.25, 0.3) is 0 Å². The van der Waals surface area contributed by atoms with Crippen LogP contribution in [0.2, 0.25) is 5.02 Å². The average Bonchev–Trinajstić information content (AvgIpc) is 2.42. The van der Waals surface area contributed by atoms with Crippen LogP contribution in [-0.2, 0) is 16.0 Å². The van der Waals surface area contributed by atoms with E-state index in [1.165, 1.54) is 10.5 Å². The van der Waals surface area contributed by atoms with Crippen LogP contribution in [0.4, 0.5) is 0 Å². The van der Waals surface area contributed by atoms with Gasteiger partial charge in [-0.05, 0) is 24.1 Å².